The molecule has 0 aliphatic carbocycles. The largest absolute Gasteiger partial charge is 0.347 e. The average Bonchev–Trinajstić information content (AvgIpc) is 2.73. The highest BCUT2D eigenvalue weighted by Crippen LogP contribution is 2.15. The first-order valence-corrected chi connectivity index (χ1v) is 5.90. The Balaban J connectivity index is 2.06. The van der Waals surface area contributed by atoms with E-state index in [1.807, 2.05) is 0 Å². The van der Waals surface area contributed by atoms with Crippen LogP contribution in [-0.2, 0) is 7.05 Å². The van der Waals surface area contributed by atoms with E-state index in [1.165, 1.54) is 16.8 Å². The lowest BCUT2D eigenvalue weighted by molar-refractivity contribution is -0.384. The molecule has 1 amide bonds. The van der Waals surface area contributed by atoms with Crippen LogP contribution in [0.15, 0.2) is 12.3 Å². The van der Waals surface area contributed by atoms with E-state index in [1.54, 1.807) is 7.05 Å². The normalized spacial score (nSPS) is 19.5. The molecule has 0 aromatic carbocycles. The molecule has 2 rings (SSSR count). The fourth-order valence-electron chi connectivity index (χ4n) is 2.11. The molecule has 1 atom stereocenters. The lowest BCUT2D eigenvalue weighted by Crippen LogP contribution is -2.45. The summed E-state index contributed by atoms with van der Waals surface area (Å²) in [5.74, 6) is -0.265. The minimum Gasteiger partial charge on any atom is -0.347 e. The summed E-state index contributed by atoms with van der Waals surface area (Å²) in [6.45, 7) is 1.72. The van der Waals surface area contributed by atoms with E-state index in [0.717, 1.165) is 25.9 Å². The third kappa shape index (κ3) is 2.67. The van der Waals surface area contributed by atoms with Crippen LogP contribution >= 0.6 is 0 Å². The summed E-state index contributed by atoms with van der Waals surface area (Å²) < 4.78 is 1.48. The first-order chi connectivity index (χ1) is 8.58. The number of nitro groups is 1. The summed E-state index contributed by atoms with van der Waals surface area (Å²) in [5.41, 5.74) is 0.247. The molecule has 18 heavy (non-hydrogen) atoms. The number of carbonyl (C=O) groups excluding carboxylic acids is 1. The predicted octanol–water partition coefficient (Wildman–Crippen LogP) is 0.415. The fourth-order valence-corrected chi connectivity index (χ4v) is 2.11. The number of hydrogen-bond acceptors (Lipinski definition) is 4. The highest BCUT2D eigenvalue weighted by atomic mass is 16.6. The molecule has 0 saturated carbocycles. The Bertz CT molecular complexity index is 463. The summed E-state index contributed by atoms with van der Waals surface area (Å²) in [6.07, 6.45) is 3.30. The van der Waals surface area contributed by atoms with E-state index in [2.05, 4.69) is 10.6 Å². The maximum atomic E-state index is 12.0. The highest BCUT2D eigenvalue weighted by Gasteiger charge is 2.21. The Morgan fingerprint density at radius 2 is 2.44 bits per heavy atom. The van der Waals surface area contributed by atoms with E-state index >= 15 is 0 Å². The van der Waals surface area contributed by atoms with Crippen LogP contribution < -0.4 is 10.6 Å². The van der Waals surface area contributed by atoms with Gasteiger partial charge in [-0.15, -0.1) is 0 Å². The molecule has 1 aromatic heterocycles. The number of piperidine rings is 1. The smallest absolute Gasteiger partial charge is 0.287 e. The summed E-state index contributed by atoms with van der Waals surface area (Å²) in [4.78, 5) is 22.1. The van der Waals surface area contributed by atoms with Crippen molar-refractivity contribution >= 4 is 11.6 Å². The second kappa shape index (κ2) is 5.18. The topological polar surface area (TPSA) is 89.2 Å². The van der Waals surface area contributed by atoms with Crippen molar-refractivity contribution in [1.82, 2.24) is 15.2 Å². The average molecular weight is 252 g/mol. The Labute approximate surface area is 104 Å². The van der Waals surface area contributed by atoms with Crippen LogP contribution in [0.25, 0.3) is 0 Å². The van der Waals surface area contributed by atoms with Crippen LogP contribution in [0.2, 0.25) is 0 Å². The second-order valence-electron chi connectivity index (χ2n) is 4.47. The maximum Gasteiger partial charge on any atom is 0.287 e. The molecule has 1 aromatic rings. The molecule has 1 fully saturated rings. The van der Waals surface area contributed by atoms with Crippen molar-refractivity contribution in [1.29, 1.82) is 0 Å². The minimum atomic E-state index is -0.501. The number of rotatable bonds is 3. The molecule has 7 nitrogen and oxygen atoms in total. The molecule has 98 valence electrons. The van der Waals surface area contributed by atoms with Gasteiger partial charge in [0.2, 0.25) is 0 Å². The van der Waals surface area contributed by atoms with Gasteiger partial charge in [0, 0.05) is 25.7 Å². The minimum absolute atomic E-state index is 0.0654. The Morgan fingerprint density at radius 3 is 3.00 bits per heavy atom. The summed E-state index contributed by atoms with van der Waals surface area (Å²) in [7, 11) is 1.63. The van der Waals surface area contributed by atoms with Gasteiger partial charge in [0.15, 0.2) is 0 Å². The van der Waals surface area contributed by atoms with Crippen LogP contribution in [0, 0.1) is 10.1 Å². The Kier molecular flexibility index (Phi) is 3.61. The van der Waals surface area contributed by atoms with E-state index in [9.17, 15) is 14.9 Å². The lowest BCUT2D eigenvalue weighted by atomic mass is 10.1. The fraction of sp³-hybridized carbons (Fsp3) is 0.545. The molecule has 2 heterocycles. The van der Waals surface area contributed by atoms with Crippen LogP contribution in [0.4, 0.5) is 5.69 Å². The number of hydrogen-bond donors (Lipinski definition) is 2. The Morgan fingerprint density at radius 1 is 1.67 bits per heavy atom. The van der Waals surface area contributed by atoms with Crippen molar-refractivity contribution in [2.45, 2.75) is 18.9 Å². The number of nitrogens with zero attached hydrogens (tertiary/aromatic N) is 2. The molecular formula is C11H16N4O3. The quantitative estimate of drug-likeness (QED) is 0.602. The highest BCUT2D eigenvalue weighted by molar-refractivity contribution is 5.93. The maximum absolute atomic E-state index is 12.0. The summed E-state index contributed by atoms with van der Waals surface area (Å²) in [5, 5.41) is 16.7. The molecule has 1 aliphatic rings. The van der Waals surface area contributed by atoms with Gasteiger partial charge in [0.25, 0.3) is 11.6 Å². The zero-order valence-corrected chi connectivity index (χ0v) is 10.2. The molecular weight excluding hydrogens is 236 g/mol. The number of carbonyl (C=O) groups is 1. The summed E-state index contributed by atoms with van der Waals surface area (Å²) >= 11 is 0. The van der Waals surface area contributed by atoms with E-state index < -0.39 is 4.92 Å². The number of amides is 1. The van der Waals surface area contributed by atoms with Gasteiger partial charge >= 0.3 is 0 Å². The van der Waals surface area contributed by atoms with Crippen molar-refractivity contribution in [3.8, 4) is 0 Å². The van der Waals surface area contributed by atoms with Gasteiger partial charge in [0.05, 0.1) is 11.1 Å². The van der Waals surface area contributed by atoms with E-state index in [-0.39, 0.29) is 17.6 Å². The number of aryl methyl sites for hydroxylation is 1. The molecule has 1 saturated heterocycles. The van der Waals surface area contributed by atoms with Gasteiger partial charge in [-0.3, -0.25) is 14.9 Å². The van der Waals surface area contributed by atoms with Crippen molar-refractivity contribution in [3.05, 3.63) is 28.1 Å². The second-order valence-corrected chi connectivity index (χ2v) is 4.47. The van der Waals surface area contributed by atoms with Gasteiger partial charge < -0.3 is 15.2 Å². The first-order valence-electron chi connectivity index (χ1n) is 5.90. The zero-order chi connectivity index (χ0) is 13.1. The van der Waals surface area contributed by atoms with Gasteiger partial charge in [-0.05, 0) is 19.4 Å². The van der Waals surface area contributed by atoms with Crippen LogP contribution in [0.1, 0.15) is 23.3 Å². The molecule has 2 N–H and O–H groups in total. The van der Waals surface area contributed by atoms with Crippen LogP contribution in [0.3, 0.4) is 0 Å². The van der Waals surface area contributed by atoms with Crippen molar-refractivity contribution in [2.75, 3.05) is 13.1 Å². The summed E-state index contributed by atoms with van der Waals surface area (Å²) in [6, 6.07) is 1.39. The van der Waals surface area contributed by atoms with E-state index in [0.29, 0.717) is 5.69 Å². The molecule has 0 radical (unpaired) electrons. The van der Waals surface area contributed by atoms with Crippen LogP contribution in [0.5, 0.6) is 0 Å². The monoisotopic (exact) mass is 252 g/mol. The van der Waals surface area contributed by atoms with Gasteiger partial charge in [-0.1, -0.05) is 0 Å². The van der Waals surface area contributed by atoms with Gasteiger partial charge in [0.1, 0.15) is 5.69 Å². The van der Waals surface area contributed by atoms with Crippen molar-refractivity contribution in [2.24, 2.45) is 7.05 Å². The molecule has 7 heteroatoms. The molecule has 1 aliphatic heterocycles. The standard InChI is InChI=1S/C11H16N4O3/c1-14-7-9(15(17)18)5-10(14)11(16)13-8-3-2-4-12-6-8/h5,7-8,12H,2-4,6H2,1H3,(H,13,16)/t8-/m0/s1. The van der Waals surface area contributed by atoms with Crippen molar-refractivity contribution in [3.63, 3.8) is 0 Å². The Hall–Kier alpha value is -1.89. The van der Waals surface area contributed by atoms with Crippen molar-refractivity contribution < 1.29 is 9.72 Å². The van der Waals surface area contributed by atoms with E-state index in [4.69, 9.17) is 0 Å². The number of aromatic nitrogens is 1. The first kappa shape index (κ1) is 12.6. The third-order valence-corrected chi connectivity index (χ3v) is 3.07. The lowest BCUT2D eigenvalue weighted by Gasteiger charge is -2.23. The van der Waals surface area contributed by atoms with Gasteiger partial charge in [-0.25, -0.2) is 0 Å². The van der Waals surface area contributed by atoms with Gasteiger partial charge in [-0.2, -0.15) is 0 Å². The molecule has 0 bridgehead atoms. The predicted molar refractivity (Wildman–Crippen MR) is 65.4 cm³/mol. The van der Waals surface area contributed by atoms with Crippen LogP contribution in [-0.4, -0.2) is 34.5 Å². The SMILES string of the molecule is Cn1cc([N+](=O)[O-])cc1C(=O)N[C@H]1CCCNC1. The molecule has 0 spiro atoms. The molecule has 0 unspecified atom stereocenters. The third-order valence-electron chi connectivity index (χ3n) is 3.07. The number of nitrogens with one attached hydrogen (secondary N) is 2. The zero-order valence-electron chi connectivity index (χ0n) is 10.2.